The molecule has 5 heteroatoms. The molecule has 0 saturated carbocycles. The zero-order valence-electron chi connectivity index (χ0n) is 22.7. The van der Waals surface area contributed by atoms with Gasteiger partial charge in [-0.25, -0.2) is 4.98 Å². The Bertz CT molecular complexity index is 1860. The van der Waals surface area contributed by atoms with Gasteiger partial charge in [-0.2, -0.15) is 9.97 Å². The van der Waals surface area contributed by atoms with E-state index in [9.17, 15) is 0 Å². The maximum atomic E-state index is 5.13. The number of hydrogen-bond donors (Lipinski definition) is 0. The highest BCUT2D eigenvalue weighted by Crippen LogP contribution is 2.53. The summed E-state index contributed by atoms with van der Waals surface area (Å²) in [5, 5.41) is 1.37. The summed E-state index contributed by atoms with van der Waals surface area (Å²) in [6, 6.07) is 27.2. The Morgan fingerprint density at radius 1 is 0.700 bits per heavy atom. The van der Waals surface area contributed by atoms with Crippen molar-refractivity contribution in [2.45, 2.75) is 44.9 Å². The predicted molar refractivity (Wildman–Crippen MR) is 160 cm³/mol. The molecule has 0 fully saturated rings. The van der Waals surface area contributed by atoms with E-state index >= 15 is 0 Å². The summed E-state index contributed by atoms with van der Waals surface area (Å²) in [5.74, 6) is 2.07. The van der Waals surface area contributed by atoms with Crippen LogP contribution in [0.1, 0.15) is 49.1 Å². The predicted octanol–water partition coefficient (Wildman–Crippen LogP) is 7.73. The van der Waals surface area contributed by atoms with Gasteiger partial charge in [0.25, 0.3) is 0 Å². The molecule has 0 bridgehead atoms. The lowest BCUT2D eigenvalue weighted by Crippen LogP contribution is -2.16. The summed E-state index contributed by atoms with van der Waals surface area (Å²) in [6.07, 6.45) is 8.41. The molecular formula is C35H29N5. The normalized spacial score (nSPS) is 15.1. The molecule has 0 unspecified atom stereocenters. The molecular weight excluding hydrogens is 490 g/mol. The second-order valence-electron chi connectivity index (χ2n) is 11.4. The van der Waals surface area contributed by atoms with E-state index < -0.39 is 0 Å². The quantitative estimate of drug-likeness (QED) is 0.240. The largest absolute Gasteiger partial charge is 0.282 e. The van der Waals surface area contributed by atoms with Crippen molar-refractivity contribution in [2.75, 3.05) is 0 Å². The Morgan fingerprint density at radius 3 is 2.08 bits per heavy atom. The minimum Gasteiger partial charge on any atom is -0.282 e. The maximum Gasteiger partial charge on any atom is 0.238 e. The van der Waals surface area contributed by atoms with Gasteiger partial charge in [-0.3, -0.25) is 9.55 Å². The van der Waals surface area contributed by atoms with Gasteiger partial charge in [-0.15, -0.1) is 0 Å². The second kappa shape index (κ2) is 8.68. The molecule has 8 rings (SSSR count). The van der Waals surface area contributed by atoms with E-state index in [0.29, 0.717) is 17.6 Å². The van der Waals surface area contributed by atoms with Crippen LogP contribution in [-0.4, -0.2) is 24.5 Å². The highest BCUT2D eigenvalue weighted by atomic mass is 15.2. The average molecular weight is 520 g/mol. The molecule has 6 aromatic rings. The van der Waals surface area contributed by atoms with Crippen LogP contribution in [0.3, 0.4) is 0 Å². The van der Waals surface area contributed by atoms with Crippen molar-refractivity contribution >= 4 is 10.9 Å². The fourth-order valence-corrected chi connectivity index (χ4v) is 6.92. The maximum absolute atomic E-state index is 5.13. The number of rotatable bonds is 3. The van der Waals surface area contributed by atoms with Gasteiger partial charge in [0.1, 0.15) is 0 Å². The third kappa shape index (κ3) is 3.33. The van der Waals surface area contributed by atoms with E-state index in [1.807, 2.05) is 48.8 Å². The molecule has 2 aliphatic rings. The van der Waals surface area contributed by atoms with Crippen LogP contribution in [0.2, 0.25) is 0 Å². The van der Waals surface area contributed by atoms with Crippen LogP contribution in [0.25, 0.3) is 50.8 Å². The fraction of sp³-hybridized carbons (Fsp3) is 0.200. The lowest BCUT2D eigenvalue weighted by molar-refractivity contribution is 0.654. The molecule has 0 aliphatic heterocycles. The molecule has 5 nitrogen and oxygen atoms in total. The number of nitrogens with zero attached hydrogens (tertiary/aromatic N) is 5. The zero-order chi connectivity index (χ0) is 26.8. The van der Waals surface area contributed by atoms with E-state index in [4.69, 9.17) is 15.0 Å². The third-order valence-electron chi connectivity index (χ3n) is 8.73. The van der Waals surface area contributed by atoms with Crippen molar-refractivity contribution in [3.63, 3.8) is 0 Å². The lowest BCUT2D eigenvalue weighted by atomic mass is 9.79. The van der Waals surface area contributed by atoms with Crippen LogP contribution < -0.4 is 0 Å². The second-order valence-corrected chi connectivity index (χ2v) is 11.4. The molecule has 0 atom stereocenters. The monoisotopic (exact) mass is 519 g/mol. The molecule has 3 heterocycles. The van der Waals surface area contributed by atoms with Crippen molar-refractivity contribution in [1.29, 1.82) is 0 Å². The van der Waals surface area contributed by atoms with Gasteiger partial charge in [0.15, 0.2) is 11.6 Å². The summed E-state index contributed by atoms with van der Waals surface area (Å²) < 4.78 is 2.34. The van der Waals surface area contributed by atoms with Crippen molar-refractivity contribution in [3.05, 3.63) is 114 Å². The van der Waals surface area contributed by atoms with E-state index in [-0.39, 0.29) is 5.41 Å². The first-order valence-electron chi connectivity index (χ1n) is 14.1. The molecule has 40 heavy (non-hydrogen) atoms. The van der Waals surface area contributed by atoms with Gasteiger partial charge in [0.05, 0.1) is 5.52 Å². The zero-order valence-corrected chi connectivity index (χ0v) is 22.7. The molecule has 0 saturated heterocycles. The first kappa shape index (κ1) is 23.3. The van der Waals surface area contributed by atoms with Gasteiger partial charge >= 0.3 is 0 Å². The molecule has 0 spiro atoms. The molecule has 0 radical (unpaired) electrons. The SMILES string of the molecule is CC1(C)c2ccncc2-c2ccc3c(c4c(n3-c3nc(-c5ccccc5)nc(-c5ccccc5)n3)CCCC4)c21. The molecule has 194 valence electrons. The molecule has 0 amide bonds. The van der Waals surface area contributed by atoms with Crippen LogP contribution in [0.15, 0.2) is 91.3 Å². The van der Waals surface area contributed by atoms with Crippen molar-refractivity contribution in [1.82, 2.24) is 24.5 Å². The van der Waals surface area contributed by atoms with Gasteiger partial charge in [-0.1, -0.05) is 80.6 Å². The molecule has 3 aromatic heterocycles. The van der Waals surface area contributed by atoms with Crippen LogP contribution >= 0.6 is 0 Å². The number of benzene rings is 3. The van der Waals surface area contributed by atoms with Crippen LogP contribution in [0.5, 0.6) is 0 Å². The molecule has 2 aliphatic carbocycles. The van der Waals surface area contributed by atoms with Crippen LogP contribution in [-0.2, 0) is 18.3 Å². The summed E-state index contributed by atoms with van der Waals surface area (Å²) in [4.78, 5) is 19.7. The Hall–Kier alpha value is -4.64. The van der Waals surface area contributed by atoms with Crippen molar-refractivity contribution < 1.29 is 0 Å². The molecule has 3 aromatic carbocycles. The molecule has 0 N–H and O–H groups in total. The van der Waals surface area contributed by atoms with E-state index in [0.717, 1.165) is 24.0 Å². The minimum atomic E-state index is -0.117. The number of aryl methyl sites for hydroxylation is 1. The summed E-state index contributed by atoms with van der Waals surface area (Å²) in [7, 11) is 0. The topological polar surface area (TPSA) is 56.5 Å². The van der Waals surface area contributed by atoms with E-state index in [1.165, 1.54) is 57.3 Å². The fourth-order valence-electron chi connectivity index (χ4n) is 6.92. The first-order valence-corrected chi connectivity index (χ1v) is 14.1. The van der Waals surface area contributed by atoms with Gasteiger partial charge in [0.2, 0.25) is 5.95 Å². The summed E-state index contributed by atoms with van der Waals surface area (Å²) >= 11 is 0. The Kier molecular flexibility index (Phi) is 5.05. The van der Waals surface area contributed by atoms with E-state index in [1.54, 1.807) is 0 Å². The number of fused-ring (bicyclic) bond motifs is 7. The first-order chi connectivity index (χ1) is 19.6. The smallest absolute Gasteiger partial charge is 0.238 e. The van der Waals surface area contributed by atoms with Gasteiger partial charge in [0, 0.05) is 45.6 Å². The highest BCUT2D eigenvalue weighted by molar-refractivity contribution is 5.99. The third-order valence-corrected chi connectivity index (χ3v) is 8.73. The average Bonchev–Trinajstić information content (AvgIpc) is 3.47. The van der Waals surface area contributed by atoms with Gasteiger partial charge < -0.3 is 0 Å². The van der Waals surface area contributed by atoms with Crippen molar-refractivity contribution in [3.8, 4) is 39.9 Å². The van der Waals surface area contributed by atoms with Crippen LogP contribution in [0, 0.1) is 0 Å². The Balaban J connectivity index is 1.44. The minimum absolute atomic E-state index is 0.117. The lowest BCUT2D eigenvalue weighted by Gasteiger charge is -2.23. The number of hydrogen-bond acceptors (Lipinski definition) is 4. The van der Waals surface area contributed by atoms with Crippen LogP contribution in [0.4, 0.5) is 0 Å². The number of aromatic nitrogens is 5. The standard InChI is InChI=1S/C35H29N5/c1-35(2)27-19-20-36-21-26(27)24-17-18-29-30(31(24)35)25-15-9-10-16-28(25)40(29)34-38-32(22-11-5-3-6-12-22)37-33(39-34)23-13-7-4-8-14-23/h3-8,11-14,17-21H,9-10,15-16H2,1-2H3. The Labute approximate surface area is 233 Å². The van der Waals surface area contributed by atoms with Gasteiger partial charge in [-0.05, 0) is 60.1 Å². The Morgan fingerprint density at radius 2 is 1.38 bits per heavy atom. The summed E-state index contributed by atoms with van der Waals surface area (Å²) in [5.41, 5.74) is 11.1. The summed E-state index contributed by atoms with van der Waals surface area (Å²) in [6.45, 7) is 4.71. The number of pyridine rings is 1. The van der Waals surface area contributed by atoms with E-state index in [2.05, 4.69) is 65.9 Å². The highest BCUT2D eigenvalue weighted by Gasteiger charge is 2.39. The van der Waals surface area contributed by atoms with Crippen molar-refractivity contribution in [2.24, 2.45) is 0 Å².